The molecule has 0 N–H and O–H groups in total. The Labute approximate surface area is 74.7 Å². The lowest BCUT2D eigenvalue weighted by molar-refractivity contribution is -0.137. The molecule has 1 aromatic carbocycles. The van der Waals surface area contributed by atoms with Crippen molar-refractivity contribution in [3.63, 3.8) is 0 Å². The Kier molecular flexibility index (Phi) is 2.76. The zero-order valence-electron chi connectivity index (χ0n) is 7.10. The molecule has 1 aromatic rings. The number of allylic oxidation sites excluding steroid dienone is 1. The summed E-state index contributed by atoms with van der Waals surface area (Å²) in [5, 5.41) is 0. The predicted octanol–water partition coefficient (Wildman–Crippen LogP) is 3.74. The first-order chi connectivity index (χ1) is 6.05. The zero-order valence-corrected chi connectivity index (χ0v) is 7.10. The van der Waals surface area contributed by atoms with Crippen LogP contribution in [0.1, 0.15) is 18.1 Å². The van der Waals surface area contributed by atoms with Gasteiger partial charge in [-0.05, 0) is 18.6 Å². The number of alkyl halides is 3. The fourth-order valence-corrected chi connectivity index (χ4v) is 1.08. The van der Waals surface area contributed by atoms with E-state index in [1.54, 1.807) is 19.1 Å². The first kappa shape index (κ1) is 9.84. The Morgan fingerprint density at radius 2 is 1.77 bits per heavy atom. The van der Waals surface area contributed by atoms with Gasteiger partial charge in [-0.3, -0.25) is 0 Å². The number of hydrogen-bond donors (Lipinski definition) is 0. The lowest BCUT2D eigenvalue weighted by Crippen LogP contribution is -2.06. The fraction of sp³-hybridized carbons (Fsp3) is 0.200. The standard InChI is InChI=1S/C10H9F3/c1-2-5-8-6-3-4-7-9(8)10(11,12)13/h2-7H,1H3/b5-2-. The maximum absolute atomic E-state index is 12.3. The topological polar surface area (TPSA) is 0 Å². The molecule has 0 radical (unpaired) electrons. The summed E-state index contributed by atoms with van der Waals surface area (Å²) in [6, 6.07) is 5.50. The summed E-state index contributed by atoms with van der Waals surface area (Å²) in [5.41, 5.74) is -0.384. The summed E-state index contributed by atoms with van der Waals surface area (Å²) in [7, 11) is 0. The van der Waals surface area contributed by atoms with Crippen molar-refractivity contribution in [1.82, 2.24) is 0 Å². The minimum Gasteiger partial charge on any atom is -0.166 e. The molecule has 70 valence electrons. The molecule has 13 heavy (non-hydrogen) atoms. The Morgan fingerprint density at radius 3 is 2.31 bits per heavy atom. The average Bonchev–Trinajstić information content (AvgIpc) is 2.04. The van der Waals surface area contributed by atoms with Gasteiger partial charge in [0.2, 0.25) is 0 Å². The molecule has 0 atom stereocenters. The van der Waals surface area contributed by atoms with Crippen LogP contribution in [0.5, 0.6) is 0 Å². The van der Waals surface area contributed by atoms with Gasteiger partial charge in [-0.2, -0.15) is 13.2 Å². The van der Waals surface area contributed by atoms with Gasteiger partial charge >= 0.3 is 6.18 Å². The van der Waals surface area contributed by atoms with Crippen LogP contribution in [0.4, 0.5) is 13.2 Å². The summed E-state index contributed by atoms with van der Waals surface area (Å²) in [4.78, 5) is 0. The third-order valence-electron chi connectivity index (χ3n) is 1.61. The van der Waals surface area contributed by atoms with Gasteiger partial charge in [-0.1, -0.05) is 30.4 Å². The van der Waals surface area contributed by atoms with Gasteiger partial charge in [-0.15, -0.1) is 0 Å². The van der Waals surface area contributed by atoms with Crippen LogP contribution in [-0.4, -0.2) is 0 Å². The highest BCUT2D eigenvalue weighted by Crippen LogP contribution is 2.32. The molecule has 0 nitrogen and oxygen atoms in total. The van der Waals surface area contributed by atoms with Gasteiger partial charge in [-0.25, -0.2) is 0 Å². The minimum atomic E-state index is -4.27. The zero-order chi connectivity index (χ0) is 9.90. The molecule has 0 amide bonds. The van der Waals surface area contributed by atoms with E-state index in [9.17, 15) is 13.2 Å². The fourth-order valence-electron chi connectivity index (χ4n) is 1.08. The lowest BCUT2D eigenvalue weighted by atomic mass is 10.1. The van der Waals surface area contributed by atoms with Crippen LogP contribution in [0.25, 0.3) is 6.08 Å². The maximum Gasteiger partial charge on any atom is 0.416 e. The van der Waals surface area contributed by atoms with Crippen molar-refractivity contribution in [2.45, 2.75) is 13.1 Å². The molecule has 0 aliphatic carbocycles. The van der Waals surface area contributed by atoms with E-state index in [0.717, 1.165) is 6.07 Å². The van der Waals surface area contributed by atoms with Crippen LogP contribution >= 0.6 is 0 Å². The normalized spacial score (nSPS) is 12.3. The van der Waals surface area contributed by atoms with Crippen molar-refractivity contribution in [3.8, 4) is 0 Å². The summed E-state index contributed by atoms with van der Waals surface area (Å²) in [6.45, 7) is 1.69. The molecular weight excluding hydrogens is 177 g/mol. The van der Waals surface area contributed by atoms with E-state index in [0.29, 0.717) is 0 Å². The van der Waals surface area contributed by atoms with Crippen LogP contribution < -0.4 is 0 Å². The van der Waals surface area contributed by atoms with Crippen molar-refractivity contribution >= 4 is 6.08 Å². The van der Waals surface area contributed by atoms with E-state index in [2.05, 4.69) is 0 Å². The van der Waals surface area contributed by atoms with E-state index in [1.807, 2.05) is 0 Å². The summed E-state index contributed by atoms with van der Waals surface area (Å²) in [5.74, 6) is 0. The van der Waals surface area contributed by atoms with Crippen molar-refractivity contribution in [1.29, 1.82) is 0 Å². The number of hydrogen-bond acceptors (Lipinski definition) is 0. The van der Waals surface area contributed by atoms with E-state index in [4.69, 9.17) is 0 Å². The molecule has 0 fully saturated rings. The molecule has 0 heterocycles. The van der Waals surface area contributed by atoms with Crippen LogP contribution in [-0.2, 0) is 6.18 Å². The van der Waals surface area contributed by atoms with Crippen LogP contribution in [0.3, 0.4) is 0 Å². The van der Waals surface area contributed by atoms with Crippen molar-refractivity contribution in [3.05, 3.63) is 41.5 Å². The lowest BCUT2D eigenvalue weighted by Gasteiger charge is -2.09. The summed E-state index contributed by atoms with van der Waals surface area (Å²) < 4.78 is 37.0. The third-order valence-corrected chi connectivity index (χ3v) is 1.61. The molecular formula is C10H9F3. The van der Waals surface area contributed by atoms with Gasteiger partial charge in [0.25, 0.3) is 0 Å². The number of rotatable bonds is 1. The monoisotopic (exact) mass is 186 g/mol. The van der Waals surface area contributed by atoms with Gasteiger partial charge in [0.15, 0.2) is 0 Å². The van der Waals surface area contributed by atoms with Crippen LogP contribution in [0.2, 0.25) is 0 Å². The van der Waals surface area contributed by atoms with Gasteiger partial charge in [0, 0.05) is 0 Å². The van der Waals surface area contributed by atoms with Gasteiger partial charge in [0.05, 0.1) is 5.56 Å². The van der Waals surface area contributed by atoms with Crippen molar-refractivity contribution in [2.24, 2.45) is 0 Å². The van der Waals surface area contributed by atoms with E-state index >= 15 is 0 Å². The molecule has 0 saturated heterocycles. The first-order valence-corrected chi connectivity index (χ1v) is 3.84. The van der Waals surface area contributed by atoms with Crippen LogP contribution in [0, 0.1) is 0 Å². The second kappa shape index (κ2) is 3.64. The molecule has 0 aliphatic rings. The molecule has 0 saturated carbocycles. The molecule has 0 unspecified atom stereocenters. The smallest absolute Gasteiger partial charge is 0.166 e. The summed E-state index contributed by atoms with van der Waals surface area (Å²) >= 11 is 0. The second-order valence-corrected chi connectivity index (χ2v) is 2.59. The molecule has 3 heteroatoms. The Balaban J connectivity index is 3.20. The Bertz CT molecular complexity index is 310. The van der Waals surface area contributed by atoms with Crippen LogP contribution in [0.15, 0.2) is 30.3 Å². The number of benzene rings is 1. The maximum atomic E-state index is 12.3. The third kappa shape index (κ3) is 2.34. The Hall–Kier alpha value is -1.25. The van der Waals surface area contributed by atoms with E-state index in [-0.39, 0.29) is 5.56 Å². The van der Waals surface area contributed by atoms with E-state index in [1.165, 1.54) is 18.2 Å². The largest absolute Gasteiger partial charge is 0.416 e. The molecule has 0 spiro atoms. The molecule has 0 aromatic heterocycles. The van der Waals surface area contributed by atoms with Gasteiger partial charge in [0.1, 0.15) is 0 Å². The SMILES string of the molecule is C/C=C\c1ccccc1C(F)(F)F. The van der Waals surface area contributed by atoms with Crippen molar-refractivity contribution in [2.75, 3.05) is 0 Å². The second-order valence-electron chi connectivity index (χ2n) is 2.59. The molecule has 1 rings (SSSR count). The Morgan fingerprint density at radius 1 is 1.15 bits per heavy atom. The quantitative estimate of drug-likeness (QED) is 0.626. The first-order valence-electron chi connectivity index (χ1n) is 3.84. The predicted molar refractivity (Wildman–Crippen MR) is 46.2 cm³/mol. The highest BCUT2D eigenvalue weighted by Gasteiger charge is 2.32. The van der Waals surface area contributed by atoms with E-state index < -0.39 is 11.7 Å². The number of halogens is 3. The molecule has 0 aliphatic heterocycles. The van der Waals surface area contributed by atoms with Crippen molar-refractivity contribution < 1.29 is 13.2 Å². The van der Waals surface area contributed by atoms with Gasteiger partial charge < -0.3 is 0 Å². The average molecular weight is 186 g/mol. The molecule has 0 bridgehead atoms. The summed E-state index contributed by atoms with van der Waals surface area (Å²) in [6.07, 6.45) is -1.23. The highest BCUT2D eigenvalue weighted by atomic mass is 19.4. The minimum absolute atomic E-state index is 0.206. The highest BCUT2D eigenvalue weighted by molar-refractivity contribution is 5.54.